The molecule has 0 unspecified atom stereocenters. The van der Waals surface area contributed by atoms with Crippen molar-refractivity contribution >= 4 is 11.7 Å². The molecule has 2 aromatic heterocycles. The molecule has 1 amide bonds. The molecule has 4 aromatic rings. The largest absolute Gasteiger partial charge is 0.497 e. The predicted molar refractivity (Wildman–Crippen MR) is 157 cm³/mol. The van der Waals surface area contributed by atoms with Gasteiger partial charge in [-0.05, 0) is 43.0 Å². The molecule has 1 aliphatic heterocycles. The SMILES string of the molecule is COCCCOc1cc(OC)cc(C(=O)NCC2CCN(c3nc(-c4cccc(-c5ccn[nH]5)c4)ncc3F)CC2)c1. The second-order valence-electron chi connectivity index (χ2n) is 10.1. The van der Waals surface area contributed by atoms with Gasteiger partial charge >= 0.3 is 0 Å². The normalized spacial score (nSPS) is 13.6. The third-order valence-corrected chi connectivity index (χ3v) is 7.26. The molecule has 10 nitrogen and oxygen atoms in total. The zero-order chi connectivity index (χ0) is 29.3. The van der Waals surface area contributed by atoms with E-state index in [1.807, 2.05) is 35.2 Å². The molecule has 0 bridgehead atoms. The van der Waals surface area contributed by atoms with Crippen LogP contribution in [0.25, 0.3) is 22.6 Å². The second-order valence-corrected chi connectivity index (χ2v) is 10.1. The van der Waals surface area contributed by atoms with Gasteiger partial charge in [-0.15, -0.1) is 0 Å². The molecule has 1 aliphatic rings. The Morgan fingerprint density at radius 2 is 1.88 bits per heavy atom. The summed E-state index contributed by atoms with van der Waals surface area (Å²) in [5, 5.41) is 10.0. The van der Waals surface area contributed by atoms with Gasteiger partial charge in [0.15, 0.2) is 17.5 Å². The maximum Gasteiger partial charge on any atom is 0.251 e. The average Bonchev–Trinajstić information content (AvgIpc) is 3.58. The van der Waals surface area contributed by atoms with E-state index in [9.17, 15) is 9.18 Å². The maximum atomic E-state index is 14.9. The van der Waals surface area contributed by atoms with E-state index >= 15 is 0 Å². The monoisotopic (exact) mass is 574 g/mol. The number of nitrogens with zero attached hydrogens (tertiary/aromatic N) is 4. The molecule has 0 aliphatic carbocycles. The Morgan fingerprint density at radius 3 is 2.64 bits per heavy atom. The number of aromatic amines is 1. The fraction of sp³-hybridized carbons (Fsp3) is 0.355. The lowest BCUT2D eigenvalue weighted by atomic mass is 9.96. The summed E-state index contributed by atoms with van der Waals surface area (Å²) >= 11 is 0. The van der Waals surface area contributed by atoms with Crippen LogP contribution in [0.2, 0.25) is 0 Å². The summed E-state index contributed by atoms with van der Waals surface area (Å²) in [6.45, 7) is 2.85. The van der Waals surface area contributed by atoms with E-state index in [0.717, 1.165) is 36.1 Å². The third kappa shape index (κ3) is 7.22. The van der Waals surface area contributed by atoms with Gasteiger partial charge < -0.3 is 24.4 Å². The number of nitrogens with one attached hydrogen (secondary N) is 2. The fourth-order valence-corrected chi connectivity index (χ4v) is 4.95. The molecule has 11 heteroatoms. The molecule has 3 heterocycles. The quantitative estimate of drug-likeness (QED) is 0.233. The Kier molecular flexibility index (Phi) is 9.60. The number of rotatable bonds is 12. The van der Waals surface area contributed by atoms with Crippen LogP contribution in [-0.2, 0) is 4.74 Å². The van der Waals surface area contributed by atoms with Crippen LogP contribution in [0.3, 0.4) is 0 Å². The molecule has 220 valence electrons. The highest BCUT2D eigenvalue weighted by Crippen LogP contribution is 2.28. The van der Waals surface area contributed by atoms with Crippen LogP contribution in [-0.4, -0.2) is 73.1 Å². The predicted octanol–water partition coefficient (Wildman–Crippen LogP) is 4.74. The summed E-state index contributed by atoms with van der Waals surface area (Å²) in [5.41, 5.74) is 3.09. The number of halogens is 1. The zero-order valence-electron chi connectivity index (χ0n) is 23.8. The first-order valence-electron chi connectivity index (χ1n) is 14.0. The van der Waals surface area contributed by atoms with E-state index in [1.54, 1.807) is 38.6 Å². The number of aromatic nitrogens is 4. The highest BCUT2D eigenvalue weighted by atomic mass is 19.1. The van der Waals surface area contributed by atoms with Gasteiger partial charge in [-0.3, -0.25) is 9.89 Å². The lowest BCUT2D eigenvalue weighted by molar-refractivity contribution is 0.0944. The van der Waals surface area contributed by atoms with Crippen molar-refractivity contribution < 1.29 is 23.4 Å². The number of carbonyl (C=O) groups excluding carboxylic acids is 1. The number of benzene rings is 2. The van der Waals surface area contributed by atoms with Crippen LogP contribution < -0.4 is 19.7 Å². The minimum atomic E-state index is -0.450. The highest BCUT2D eigenvalue weighted by molar-refractivity contribution is 5.95. The number of ether oxygens (including phenoxy) is 3. The number of anilines is 1. The zero-order valence-corrected chi connectivity index (χ0v) is 23.8. The van der Waals surface area contributed by atoms with Crippen LogP contribution in [0.5, 0.6) is 11.5 Å². The van der Waals surface area contributed by atoms with Gasteiger partial charge in [0.25, 0.3) is 5.91 Å². The molecule has 42 heavy (non-hydrogen) atoms. The first-order chi connectivity index (χ1) is 20.5. The number of carbonyl (C=O) groups is 1. The van der Waals surface area contributed by atoms with Crippen LogP contribution in [0.1, 0.15) is 29.6 Å². The van der Waals surface area contributed by atoms with Gasteiger partial charge in [0.05, 0.1) is 25.6 Å². The average molecular weight is 575 g/mol. The van der Waals surface area contributed by atoms with Crippen molar-refractivity contribution in [3.05, 3.63) is 72.3 Å². The molecule has 5 rings (SSSR count). The lowest BCUT2D eigenvalue weighted by Gasteiger charge is -2.33. The molecular formula is C31H35FN6O4. The van der Waals surface area contributed by atoms with Gasteiger partial charge in [0.2, 0.25) is 0 Å². The van der Waals surface area contributed by atoms with E-state index in [-0.39, 0.29) is 11.8 Å². The van der Waals surface area contributed by atoms with Gasteiger partial charge in [-0.2, -0.15) is 5.10 Å². The van der Waals surface area contributed by atoms with Crippen molar-refractivity contribution in [3.63, 3.8) is 0 Å². The summed E-state index contributed by atoms with van der Waals surface area (Å²) in [5.74, 6) is 1.50. The van der Waals surface area contributed by atoms with Crippen molar-refractivity contribution in [2.75, 3.05) is 52.0 Å². The Morgan fingerprint density at radius 1 is 1.07 bits per heavy atom. The van der Waals surface area contributed by atoms with Crippen LogP contribution >= 0.6 is 0 Å². The Balaban J connectivity index is 1.17. The number of hydrogen-bond acceptors (Lipinski definition) is 8. The molecule has 0 radical (unpaired) electrons. The molecule has 0 atom stereocenters. The third-order valence-electron chi connectivity index (χ3n) is 7.26. The number of amides is 1. The number of hydrogen-bond donors (Lipinski definition) is 2. The molecule has 0 spiro atoms. The number of H-pyrrole nitrogens is 1. The Labute approximate surface area is 244 Å². The summed E-state index contributed by atoms with van der Waals surface area (Å²) in [4.78, 5) is 23.8. The van der Waals surface area contributed by atoms with Crippen LogP contribution in [0, 0.1) is 11.7 Å². The first-order valence-corrected chi connectivity index (χ1v) is 14.0. The van der Waals surface area contributed by atoms with Gasteiger partial charge in [0, 0.05) is 68.7 Å². The molecule has 1 saturated heterocycles. The van der Waals surface area contributed by atoms with Gasteiger partial charge in [0.1, 0.15) is 11.5 Å². The van der Waals surface area contributed by atoms with Crippen molar-refractivity contribution in [2.45, 2.75) is 19.3 Å². The minimum absolute atomic E-state index is 0.193. The Hall–Kier alpha value is -4.51. The molecule has 0 saturated carbocycles. The topological polar surface area (TPSA) is 114 Å². The lowest BCUT2D eigenvalue weighted by Crippen LogP contribution is -2.39. The molecular weight excluding hydrogens is 539 g/mol. The standard InChI is InChI=1S/C31H35FN6O4/c1-40-13-4-14-42-26-17-24(16-25(18-26)41-2)31(39)34-19-21-8-11-38(12-9-21)30-27(32)20-33-29(36-30)23-6-3-5-22(15-23)28-7-10-35-37-28/h3,5-7,10,15-18,20-21H,4,8-9,11-14,19H2,1-2H3,(H,34,39)(H,35,37). The van der Waals surface area contributed by atoms with Crippen LogP contribution in [0.15, 0.2) is 60.9 Å². The van der Waals surface area contributed by atoms with Crippen molar-refractivity contribution in [1.82, 2.24) is 25.5 Å². The van der Waals surface area contributed by atoms with Gasteiger partial charge in [-0.25, -0.2) is 14.4 Å². The van der Waals surface area contributed by atoms with E-state index in [2.05, 4.69) is 25.5 Å². The molecule has 2 N–H and O–H groups in total. The van der Waals surface area contributed by atoms with E-state index in [4.69, 9.17) is 14.2 Å². The molecule has 1 fully saturated rings. The highest BCUT2D eigenvalue weighted by Gasteiger charge is 2.24. The fourth-order valence-electron chi connectivity index (χ4n) is 4.95. The second kappa shape index (κ2) is 13.9. The van der Waals surface area contributed by atoms with E-state index < -0.39 is 5.82 Å². The van der Waals surface area contributed by atoms with Gasteiger partial charge in [-0.1, -0.05) is 18.2 Å². The van der Waals surface area contributed by atoms with Crippen molar-refractivity contribution in [2.24, 2.45) is 5.92 Å². The van der Waals surface area contributed by atoms with Crippen LogP contribution in [0.4, 0.5) is 10.2 Å². The Bertz CT molecular complexity index is 1470. The first kappa shape index (κ1) is 29.0. The number of methoxy groups -OCH3 is 2. The van der Waals surface area contributed by atoms with E-state index in [0.29, 0.717) is 61.6 Å². The maximum absolute atomic E-state index is 14.9. The number of piperidine rings is 1. The summed E-state index contributed by atoms with van der Waals surface area (Å²) in [6, 6.07) is 14.8. The smallest absolute Gasteiger partial charge is 0.251 e. The summed E-state index contributed by atoms with van der Waals surface area (Å²) < 4.78 is 31.0. The van der Waals surface area contributed by atoms with E-state index in [1.165, 1.54) is 6.20 Å². The summed E-state index contributed by atoms with van der Waals surface area (Å²) in [6.07, 6.45) is 5.25. The van der Waals surface area contributed by atoms with Crippen molar-refractivity contribution in [3.8, 4) is 34.1 Å². The minimum Gasteiger partial charge on any atom is -0.497 e. The van der Waals surface area contributed by atoms with Crippen molar-refractivity contribution in [1.29, 1.82) is 0 Å². The molecule has 2 aromatic carbocycles. The summed E-state index contributed by atoms with van der Waals surface area (Å²) in [7, 11) is 3.20.